The molecule has 0 aliphatic heterocycles. The lowest BCUT2D eigenvalue weighted by molar-refractivity contribution is -0.115. The Hall–Kier alpha value is -2.93. The molecular formula is C18H17N3O3S. The number of hydrogen-bond donors (Lipinski definition) is 1. The molecule has 2 heterocycles. The number of amides is 1. The lowest BCUT2D eigenvalue weighted by atomic mass is 10.2. The van der Waals surface area contributed by atoms with Crippen molar-refractivity contribution in [1.29, 1.82) is 0 Å². The van der Waals surface area contributed by atoms with E-state index in [0.717, 1.165) is 10.7 Å². The summed E-state index contributed by atoms with van der Waals surface area (Å²) >= 11 is 1.47. The highest BCUT2D eigenvalue weighted by Gasteiger charge is 2.11. The summed E-state index contributed by atoms with van der Waals surface area (Å²) in [6.45, 7) is 0. The van der Waals surface area contributed by atoms with Crippen LogP contribution >= 0.6 is 11.3 Å². The quantitative estimate of drug-likeness (QED) is 0.733. The first-order valence-electron chi connectivity index (χ1n) is 7.57. The molecule has 0 aliphatic carbocycles. The lowest BCUT2D eigenvalue weighted by Crippen LogP contribution is -2.14. The maximum absolute atomic E-state index is 12.2. The first kappa shape index (κ1) is 16.9. The number of nitrogens with zero attached hydrogens (tertiary/aromatic N) is 2. The minimum atomic E-state index is -0.148. The van der Waals surface area contributed by atoms with Gasteiger partial charge in [-0.3, -0.25) is 9.78 Å². The van der Waals surface area contributed by atoms with E-state index < -0.39 is 0 Å². The topological polar surface area (TPSA) is 73.3 Å². The molecule has 128 valence electrons. The van der Waals surface area contributed by atoms with Crippen molar-refractivity contribution in [1.82, 2.24) is 9.97 Å². The van der Waals surface area contributed by atoms with Gasteiger partial charge < -0.3 is 14.8 Å². The summed E-state index contributed by atoms with van der Waals surface area (Å²) < 4.78 is 10.4. The molecule has 0 spiro atoms. The summed E-state index contributed by atoms with van der Waals surface area (Å²) in [7, 11) is 3.12. The number of rotatable bonds is 6. The largest absolute Gasteiger partial charge is 0.493 e. The van der Waals surface area contributed by atoms with E-state index >= 15 is 0 Å². The smallest absolute Gasteiger partial charge is 0.230 e. The van der Waals surface area contributed by atoms with E-state index in [1.807, 2.05) is 23.6 Å². The molecule has 3 aromatic rings. The van der Waals surface area contributed by atoms with Crippen LogP contribution in [0.2, 0.25) is 0 Å². The molecule has 0 saturated carbocycles. The average Bonchev–Trinajstić information content (AvgIpc) is 3.10. The monoisotopic (exact) mass is 355 g/mol. The van der Waals surface area contributed by atoms with Crippen LogP contribution < -0.4 is 14.8 Å². The zero-order valence-electron chi connectivity index (χ0n) is 13.9. The number of thiazole rings is 1. The predicted molar refractivity (Wildman–Crippen MR) is 97.2 cm³/mol. The second kappa shape index (κ2) is 7.76. The zero-order valence-corrected chi connectivity index (χ0v) is 14.7. The van der Waals surface area contributed by atoms with Crippen LogP contribution in [0.5, 0.6) is 11.5 Å². The number of methoxy groups -OCH3 is 2. The standard InChI is InChI=1S/C18H17N3O3S/c1-23-15-7-6-12(9-16(15)24-2)20-17(22)10-13-11-25-18(21-13)14-5-3-4-8-19-14/h3-9,11H,10H2,1-2H3,(H,20,22). The second-order valence-corrected chi connectivity index (χ2v) is 6.01. The van der Waals surface area contributed by atoms with Gasteiger partial charge in [0.25, 0.3) is 0 Å². The summed E-state index contributed by atoms with van der Waals surface area (Å²) in [5.41, 5.74) is 2.16. The Kier molecular flexibility index (Phi) is 5.25. The molecule has 0 atom stereocenters. The van der Waals surface area contributed by atoms with E-state index in [1.165, 1.54) is 11.3 Å². The van der Waals surface area contributed by atoms with Gasteiger partial charge in [0, 0.05) is 23.3 Å². The fourth-order valence-corrected chi connectivity index (χ4v) is 3.07. The number of nitrogens with one attached hydrogen (secondary N) is 1. The van der Waals surface area contributed by atoms with Crippen LogP contribution in [-0.4, -0.2) is 30.1 Å². The number of carbonyl (C=O) groups excluding carboxylic acids is 1. The average molecular weight is 355 g/mol. The van der Waals surface area contributed by atoms with Crippen molar-refractivity contribution in [3.05, 3.63) is 53.7 Å². The normalized spacial score (nSPS) is 10.3. The molecule has 0 fully saturated rings. The van der Waals surface area contributed by atoms with E-state index in [-0.39, 0.29) is 12.3 Å². The second-order valence-electron chi connectivity index (χ2n) is 5.15. The third kappa shape index (κ3) is 4.13. The van der Waals surface area contributed by atoms with E-state index in [0.29, 0.717) is 22.9 Å². The minimum absolute atomic E-state index is 0.148. The van der Waals surface area contributed by atoms with Gasteiger partial charge in [0.1, 0.15) is 5.01 Å². The Bertz CT molecular complexity index is 865. The van der Waals surface area contributed by atoms with Crippen molar-refractivity contribution in [3.63, 3.8) is 0 Å². The Morgan fingerprint density at radius 3 is 2.72 bits per heavy atom. The lowest BCUT2D eigenvalue weighted by Gasteiger charge is -2.10. The van der Waals surface area contributed by atoms with Gasteiger partial charge in [-0.25, -0.2) is 4.98 Å². The van der Waals surface area contributed by atoms with Crippen molar-refractivity contribution in [2.75, 3.05) is 19.5 Å². The molecule has 1 N–H and O–H groups in total. The van der Waals surface area contributed by atoms with Gasteiger partial charge in [0.15, 0.2) is 11.5 Å². The molecule has 1 aromatic carbocycles. The molecule has 7 heteroatoms. The van der Waals surface area contributed by atoms with Gasteiger partial charge in [-0.05, 0) is 24.3 Å². The van der Waals surface area contributed by atoms with E-state index in [9.17, 15) is 4.79 Å². The maximum Gasteiger partial charge on any atom is 0.230 e. The van der Waals surface area contributed by atoms with Gasteiger partial charge in [-0.15, -0.1) is 11.3 Å². The van der Waals surface area contributed by atoms with Crippen molar-refractivity contribution in [2.45, 2.75) is 6.42 Å². The summed E-state index contributed by atoms with van der Waals surface area (Å²) in [6.07, 6.45) is 1.91. The third-order valence-electron chi connectivity index (χ3n) is 3.44. The van der Waals surface area contributed by atoms with Gasteiger partial charge in [-0.2, -0.15) is 0 Å². The first-order valence-corrected chi connectivity index (χ1v) is 8.45. The summed E-state index contributed by atoms with van der Waals surface area (Å²) in [4.78, 5) is 21.0. The number of benzene rings is 1. The molecule has 0 bridgehead atoms. The molecule has 0 saturated heterocycles. The maximum atomic E-state index is 12.2. The number of ether oxygens (including phenoxy) is 2. The SMILES string of the molecule is COc1ccc(NC(=O)Cc2csc(-c3ccccn3)n2)cc1OC. The van der Waals surface area contributed by atoms with E-state index in [1.54, 1.807) is 38.6 Å². The van der Waals surface area contributed by atoms with Gasteiger partial charge in [-0.1, -0.05) is 6.07 Å². The molecular weight excluding hydrogens is 338 g/mol. The summed E-state index contributed by atoms with van der Waals surface area (Å²) in [5, 5.41) is 5.51. The molecule has 0 aliphatic rings. The highest BCUT2D eigenvalue weighted by Crippen LogP contribution is 2.29. The Labute approximate surface area is 149 Å². The van der Waals surface area contributed by atoms with E-state index in [2.05, 4.69) is 15.3 Å². The van der Waals surface area contributed by atoms with Gasteiger partial charge >= 0.3 is 0 Å². The Balaban J connectivity index is 1.66. The van der Waals surface area contributed by atoms with Crippen molar-refractivity contribution in [2.24, 2.45) is 0 Å². The van der Waals surface area contributed by atoms with Crippen LogP contribution in [-0.2, 0) is 11.2 Å². The summed E-state index contributed by atoms with van der Waals surface area (Å²) in [6, 6.07) is 10.9. The van der Waals surface area contributed by atoms with Crippen LogP contribution in [0.25, 0.3) is 10.7 Å². The molecule has 2 aromatic heterocycles. The van der Waals surface area contributed by atoms with Gasteiger partial charge in [0.05, 0.1) is 32.0 Å². The molecule has 3 rings (SSSR count). The molecule has 0 unspecified atom stereocenters. The fourth-order valence-electron chi connectivity index (χ4n) is 2.28. The number of pyridine rings is 1. The van der Waals surface area contributed by atoms with Crippen LogP contribution in [0.15, 0.2) is 48.0 Å². The molecule has 1 amide bonds. The van der Waals surface area contributed by atoms with Crippen LogP contribution in [0.1, 0.15) is 5.69 Å². The number of anilines is 1. The molecule has 25 heavy (non-hydrogen) atoms. The van der Waals surface area contributed by atoms with Crippen molar-refractivity contribution >= 4 is 22.9 Å². The minimum Gasteiger partial charge on any atom is -0.493 e. The molecule has 6 nitrogen and oxygen atoms in total. The van der Waals surface area contributed by atoms with Gasteiger partial charge in [0.2, 0.25) is 5.91 Å². The highest BCUT2D eigenvalue weighted by atomic mass is 32.1. The van der Waals surface area contributed by atoms with Crippen molar-refractivity contribution in [3.8, 4) is 22.2 Å². The third-order valence-corrected chi connectivity index (χ3v) is 4.36. The van der Waals surface area contributed by atoms with Crippen LogP contribution in [0, 0.1) is 0 Å². The van der Waals surface area contributed by atoms with Crippen molar-refractivity contribution < 1.29 is 14.3 Å². The van der Waals surface area contributed by atoms with Crippen LogP contribution in [0.3, 0.4) is 0 Å². The van der Waals surface area contributed by atoms with E-state index in [4.69, 9.17) is 9.47 Å². The zero-order chi connectivity index (χ0) is 17.6. The Morgan fingerprint density at radius 2 is 2.00 bits per heavy atom. The first-order chi connectivity index (χ1) is 12.2. The Morgan fingerprint density at radius 1 is 1.16 bits per heavy atom. The number of hydrogen-bond acceptors (Lipinski definition) is 6. The number of carbonyl (C=O) groups is 1. The summed E-state index contributed by atoms with van der Waals surface area (Å²) in [5.74, 6) is 1.02. The van der Waals surface area contributed by atoms with Crippen LogP contribution in [0.4, 0.5) is 5.69 Å². The fraction of sp³-hybridized carbons (Fsp3) is 0.167. The molecule has 0 radical (unpaired) electrons. The number of aromatic nitrogens is 2. The predicted octanol–water partition coefficient (Wildman–Crippen LogP) is 3.40. The highest BCUT2D eigenvalue weighted by molar-refractivity contribution is 7.13.